The van der Waals surface area contributed by atoms with E-state index in [1.54, 1.807) is 7.11 Å². The van der Waals surface area contributed by atoms with E-state index in [0.29, 0.717) is 18.4 Å². The molecule has 1 aromatic heterocycles. The van der Waals surface area contributed by atoms with E-state index in [2.05, 4.69) is 10.1 Å². The van der Waals surface area contributed by atoms with E-state index in [4.69, 9.17) is 15.0 Å². The van der Waals surface area contributed by atoms with Crippen molar-refractivity contribution in [1.29, 1.82) is 0 Å². The summed E-state index contributed by atoms with van der Waals surface area (Å²) in [5.74, 6) is 1.00. The van der Waals surface area contributed by atoms with Crippen LogP contribution in [0.25, 0.3) is 0 Å². The highest BCUT2D eigenvalue weighted by molar-refractivity contribution is 5.26. The van der Waals surface area contributed by atoms with Crippen LogP contribution >= 0.6 is 0 Å². The highest BCUT2D eigenvalue weighted by Gasteiger charge is 2.16. The number of aromatic nitrogens is 2. The Labute approximate surface area is 89.4 Å². The second-order valence-corrected chi connectivity index (χ2v) is 3.17. The molecule has 0 aromatic carbocycles. The lowest BCUT2D eigenvalue weighted by Crippen LogP contribution is -2.23. The molecule has 0 aliphatic carbocycles. The molecule has 0 aliphatic rings. The van der Waals surface area contributed by atoms with Gasteiger partial charge in [-0.3, -0.25) is 0 Å². The molecule has 1 heterocycles. The van der Waals surface area contributed by atoms with Gasteiger partial charge in [0.1, 0.15) is 6.04 Å². The van der Waals surface area contributed by atoms with Crippen LogP contribution in [-0.4, -0.2) is 36.9 Å². The molecule has 6 heteroatoms. The van der Waals surface area contributed by atoms with Crippen molar-refractivity contribution >= 4 is 5.95 Å². The molecular weight excluding hydrogens is 196 g/mol. The minimum atomic E-state index is -0.355. The zero-order valence-corrected chi connectivity index (χ0v) is 9.43. The average Bonchev–Trinajstić information content (AvgIpc) is 2.69. The molecule has 0 fully saturated rings. The Balaban J connectivity index is 2.70. The van der Waals surface area contributed by atoms with Crippen molar-refractivity contribution in [1.82, 2.24) is 10.1 Å². The van der Waals surface area contributed by atoms with Crippen molar-refractivity contribution in [3.05, 3.63) is 5.89 Å². The van der Waals surface area contributed by atoms with E-state index in [-0.39, 0.29) is 6.04 Å². The van der Waals surface area contributed by atoms with E-state index >= 15 is 0 Å². The fraction of sp³-hybridized carbons (Fsp3) is 0.778. The van der Waals surface area contributed by atoms with Gasteiger partial charge in [-0.05, 0) is 19.0 Å². The van der Waals surface area contributed by atoms with Crippen LogP contribution in [0.5, 0.6) is 0 Å². The Bertz CT molecular complexity index is 285. The van der Waals surface area contributed by atoms with Gasteiger partial charge in [0.25, 0.3) is 5.95 Å². The SMILES string of the molecule is CCN(CC)c1noc(C(N)COC)n1. The fourth-order valence-electron chi connectivity index (χ4n) is 1.26. The van der Waals surface area contributed by atoms with Crippen molar-refractivity contribution in [2.24, 2.45) is 5.73 Å². The molecule has 1 rings (SSSR count). The molecule has 1 unspecified atom stereocenters. The maximum atomic E-state index is 5.76. The largest absolute Gasteiger partial charge is 0.383 e. The smallest absolute Gasteiger partial charge is 0.266 e. The zero-order chi connectivity index (χ0) is 11.3. The first-order valence-electron chi connectivity index (χ1n) is 5.05. The van der Waals surface area contributed by atoms with E-state index in [0.717, 1.165) is 13.1 Å². The second kappa shape index (κ2) is 5.67. The van der Waals surface area contributed by atoms with Crippen LogP contribution in [0.4, 0.5) is 5.95 Å². The summed E-state index contributed by atoms with van der Waals surface area (Å²) < 4.78 is 9.97. The Hall–Kier alpha value is -1.14. The van der Waals surface area contributed by atoms with Gasteiger partial charge in [0.05, 0.1) is 6.61 Å². The lowest BCUT2D eigenvalue weighted by atomic mass is 10.3. The van der Waals surface area contributed by atoms with E-state index in [1.165, 1.54) is 0 Å². The summed E-state index contributed by atoms with van der Waals surface area (Å²) in [5.41, 5.74) is 5.76. The summed E-state index contributed by atoms with van der Waals surface area (Å²) >= 11 is 0. The number of nitrogens with two attached hydrogens (primary N) is 1. The lowest BCUT2D eigenvalue weighted by Gasteiger charge is -2.14. The highest BCUT2D eigenvalue weighted by Crippen LogP contribution is 2.13. The van der Waals surface area contributed by atoms with Crippen LogP contribution in [-0.2, 0) is 4.74 Å². The van der Waals surface area contributed by atoms with Crippen molar-refractivity contribution < 1.29 is 9.26 Å². The van der Waals surface area contributed by atoms with Gasteiger partial charge in [0.2, 0.25) is 5.89 Å². The highest BCUT2D eigenvalue weighted by atomic mass is 16.5. The van der Waals surface area contributed by atoms with Crippen LogP contribution in [0.1, 0.15) is 25.8 Å². The van der Waals surface area contributed by atoms with Gasteiger partial charge < -0.3 is 19.9 Å². The van der Waals surface area contributed by atoms with Crippen molar-refractivity contribution in [3.8, 4) is 0 Å². The number of hydrogen-bond acceptors (Lipinski definition) is 6. The minimum absolute atomic E-state index is 0.355. The standard InChI is InChI=1S/C9H18N4O2/c1-4-13(5-2)9-11-8(15-12-9)7(10)6-14-3/h7H,4-6,10H2,1-3H3. The van der Waals surface area contributed by atoms with Gasteiger partial charge in [0.15, 0.2) is 0 Å². The number of nitrogens with zero attached hydrogens (tertiary/aromatic N) is 3. The normalized spacial score (nSPS) is 12.8. The van der Waals surface area contributed by atoms with Crippen LogP contribution in [0.15, 0.2) is 4.52 Å². The predicted octanol–water partition coefficient (Wildman–Crippen LogP) is 0.562. The molecule has 6 nitrogen and oxygen atoms in total. The van der Waals surface area contributed by atoms with Crippen LogP contribution in [0.3, 0.4) is 0 Å². The van der Waals surface area contributed by atoms with Gasteiger partial charge in [-0.1, -0.05) is 0 Å². The van der Waals surface area contributed by atoms with Crippen molar-refractivity contribution in [3.63, 3.8) is 0 Å². The van der Waals surface area contributed by atoms with E-state index in [9.17, 15) is 0 Å². The Morgan fingerprint density at radius 3 is 2.67 bits per heavy atom. The van der Waals surface area contributed by atoms with Gasteiger partial charge in [-0.2, -0.15) is 4.98 Å². The molecule has 2 N–H and O–H groups in total. The van der Waals surface area contributed by atoms with Gasteiger partial charge >= 0.3 is 0 Å². The first-order valence-corrected chi connectivity index (χ1v) is 5.05. The molecule has 0 bridgehead atoms. The number of ether oxygens (including phenoxy) is 1. The molecule has 86 valence electrons. The average molecular weight is 214 g/mol. The Morgan fingerprint density at radius 1 is 1.47 bits per heavy atom. The second-order valence-electron chi connectivity index (χ2n) is 3.17. The lowest BCUT2D eigenvalue weighted by molar-refractivity contribution is 0.166. The molecule has 0 spiro atoms. The monoisotopic (exact) mass is 214 g/mol. The Morgan fingerprint density at radius 2 is 2.13 bits per heavy atom. The van der Waals surface area contributed by atoms with Crippen molar-refractivity contribution in [2.75, 3.05) is 31.7 Å². The summed E-state index contributed by atoms with van der Waals surface area (Å²) in [4.78, 5) is 6.21. The minimum Gasteiger partial charge on any atom is -0.383 e. The number of rotatable bonds is 6. The number of hydrogen-bond donors (Lipinski definition) is 1. The summed E-state index contributed by atoms with van der Waals surface area (Å²) in [6.07, 6.45) is 0. The van der Waals surface area contributed by atoms with Crippen molar-refractivity contribution in [2.45, 2.75) is 19.9 Å². The molecule has 0 saturated carbocycles. The third kappa shape index (κ3) is 2.90. The third-order valence-corrected chi connectivity index (χ3v) is 2.14. The molecule has 15 heavy (non-hydrogen) atoms. The molecule has 0 saturated heterocycles. The van der Waals surface area contributed by atoms with Crippen LogP contribution in [0, 0.1) is 0 Å². The van der Waals surface area contributed by atoms with E-state index < -0.39 is 0 Å². The number of methoxy groups -OCH3 is 1. The molecule has 0 aliphatic heterocycles. The third-order valence-electron chi connectivity index (χ3n) is 2.14. The predicted molar refractivity (Wildman–Crippen MR) is 56.7 cm³/mol. The first-order chi connectivity index (χ1) is 7.22. The topological polar surface area (TPSA) is 77.4 Å². The maximum Gasteiger partial charge on any atom is 0.266 e. The van der Waals surface area contributed by atoms with Gasteiger partial charge in [-0.15, -0.1) is 0 Å². The number of anilines is 1. The molecular formula is C9H18N4O2. The quantitative estimate of drug-likeness (QED) is 0.745. The maximum absolute atomic E-state index is 5.76. The molecule has 0 radical (unpaired) electrons. The van der Waals surface area contributed by atoms with Gasteiger partial charge in [0, 0.05) is 20.2 Å². The van der Waals surface area contributed by atoms with Crippen LogP contribution < -0.4 is 10.6 Å². The summed E-state index contributed by atoms with van der Waals surface area (Å²) in [6, 6.07) is -0.355. The fourth-order valence-corrected chi connectivity index (χ4v) is 1.26. The van der Waals surface area contributed by atoms with Gasteiger partial charge in [-0.25, -0.2) is 0 Å². The molecule has 1 atom stereocenters. The first kappa shape index (κ1) is 11.9. The molecule has 0 amide bonds. The summed E-state index contributed by atoms with van der Waals surface area (Å²) in [6.45, 7) is 6.13. The summed E-state index contributed by atoms with van der Waals surface area (Å²) in [7, 11) is 1.58. The van der Waals surface area contributed by atoms with E-state index in [1.807, 2.05) is 18.7 Å². The molecule has 1 aromatic rings. The summed E-state index contributed by atoms with van der Waals surface area (Å²) in [5, 5.41) is 3.87. The Kier molecular flexibility index (Phi) is 4.51. The van der Waals surface area contributed by atoms with Crippen LogP contribution in [0.2, 0.25) is 0 Å². The zero-order valence-electron chi connectivity index (χ0n) is 9.43.